The average Bonchev–Trinajstić information content (AvgIpc) is 2.83. The Bertz CT molecular complexity index is 595. The second-order valence-electron chi connectivity index (χ2n) is 3.89. The molecule has 19 heavy (non-hydrogen) atoms. The van der Waals surface area contributed by atoms with Crippen molar-refractivity contribution in [1.82, 2.24) is 10.3 Å². The van der Waals surface area contributed by atoms with Crippen molar-refractivity contribution >= 4 is 23.5 Å². The number of carboxylic acid groups (broad SMARTS) is 1. The van der Waals surface area contributed by atoms with Gasteiger partial charge in [0.25, 0.3) is 5.91 Å². The lowest BCUT2D eigenvalue weighted by Crippen LogP contribution is -2.33. The Kier molecular flexibility index (Phi) is 3.87. The Morgan fingerprint density at radius 2 is 1.95 bits per heavy atom. The number of hydrogen-bond donors (Lipinski definition) is 3. The van der Waals surface area contributed by atoms with Crippen molar-refractivity contribution in [1.29, 1.82) is 0 Å². The van der Waals surface area contributed by atoms with E-state index in [4.69, 9.17) is 11.6 Å². The first kappa shape index (κ1) is 13.2. The summed E-state index contributed by atoms with van der Waals surface area (Å²) >= 11 is 5.69. The van der Waals surface area contributed by atoms with Crippen molar-refractivity contribution in [2.24, 2.45) is 0 Å². The van der Waals surface area contributed by atoms with Gasteiger partial charge in [-0.15, -0.1) is 0 Å². The number of carbonyl (C=O) groups excluding carboxylic acids is 1. The molecule has 0 radical (unpaired) electrons. The summed E-state index contributed by atoms with van der Waals surface area (Å²) in [4.78, 5) is 25.8. The van der Waals surface area contributed by atoms with Gasteiger partial charge in [-0.05, 0) is 11.6 Å². The van der Waals surface area contributed by atoms with Crippen molar-refractivity contribution < 1.29 is 14.7 Å². The number of aromatic amines is 1. The highest BCUT2D eigenvalue weighted by Gasteiger charge is 2.22. The van der Waals surface area contributed by atoms with Crippen LogP contribution in [0.4, 0.5) is 0 Å². The first-order valence-corrected chi connectivity index (χ1v) is 5.88. The molecule has 0 aliphatic rings. The maximum atomic E-state index is 11.9. The quantitative estimate of drug-likeness (QED) is 0.802. The summed E-state index contributed by atoms with van der Waals surface area (Å²) in [7, 11) is 0. The van der Waals surface area contributed by atoms with Gasteiger partial charge in [0.05, 0.1) is 5.02 Å². The van der Waals surface area contributed by atoms with E-state index >= 15 is 0 Å². The van der Waals surface area contributed by atoms with Gasteiger partial charge in [0.1, 0.15) is 5.69 Å². The fourth-order valence-electron chi connectivity index (χ4n) is 1.64. The molecule has 0 saturated heterocycles. The molecule has 0 saturated carbocycles. The van der Waals surface area contributed by atoms with Gasteiger partial charge in [0.15, 0.2) is 6.04 Å². The van der Waals surface area contributed by atoms with E-state index in [1.165, 1.54) is 12.3 Å². The van der Waals surface area contributed by atoms with Crippen LogP contribution in [-0.2, 0) is 4.79 Å². The van der Waals surface area contributed by atoms with E-state index in [0.29, 0.717) is 10.6 Å². The predicted octanol–water partition coefficient (Wildman–Crippen LogP) is 2.22. The molecule has 1 aromatic heterocycles. The minimum absolute atomic E-state index is 0.215. The molecule has 0 fully saturated rings. The summed E-state index contributed by atoms with van der Waals surface area (Å²) in [6, 6.07) is 8.80. The largest absolute Gasteiger partial charge is 0.479 e. The van der Waals surface area contributed by atoms with Gasteiger partial charge in [-0.3, -0.25) is 4.79 Å². The molecule has 5 nitrogen and oxygen atoms in total. The number of carboxylic acids is 1. The normalized spacial score (nSPS) is 11.8. The smallest absolute Gasteiger partial charge is 0.330 e. The summed E-state index contributed by atoms with van der Waals surface area (Å²) in [6.07, 6.45) is 1.45. The second kappa shape index (κ2) is 5.58. The monoisotopic (exact) mass is 278 g/mol. The van der Waals surface area contributed by atoms with E-state index in [2.05, 4.69) is 10.3 Å². The minimum atomic E-state index is -1.13. The zero-order valence-corrected chi connectivity index (χ0v) is 10.5. The van der Waals surface area contributed by atoms with Gasteiger partial charge < -0.3 is 15.4 Å². The van der Waals surface area contributed by atoms with Crippen LogP contribution in [0.1, 0.15) is 22.1 Å². The molecule has 1 unspecified atom stereocenters. The van der Waals surface area contributed by atoms with Crippen molar-refractivity contribution in [3.05, 3.63) is 58.9 Å². The summed E-state index contributed by atoms with van der Waals surface area (Å²) in [5.41, 5.74) is 0.716. The van der Waals surface area contributed by atoms with E-state index in [1.54, 1.807) is 30.3 Å². The first-order valence-electron chi connectivity index (χ1n) is 5.50. The molecule has 0 aliphatic heterocycles. The fourth-order valence-corrected chi connectivity index (χ4v) is 1.80. The highest BCUT2D eigenvalue weighted by Crippen LogP contribution is 2.15. The molecule has 1 heterocycles. The minimum Gasteiger partial charge on any atom is -0.479 e. The Morgan fingerprint density at radius 3 is 2.47 bits per heavy atom. The molecule has 2 rings (SSSR count). The number of H-pyrrole nitrogens is 1. The molecule has 0 bridgehead atoms. The molecule has 1 aromatic carbocycles. The summed E-state index contributed by atoms with van der Waals surface area (Å²) in [6.45, 7) is 0. The number of carbonyl (C=O) groups is 2. The third kappa shape index (κ3) is 3.14. The highest BCUT2D eigenvalue weighted by atomic mass is 35.5. The number of hydrogen-bond acceptors (Lipinski definition) is 2. The number of rotatable bonds is 4. The van der Waals surface area contributed by atoms with Gasteiger partial charge in [-0.2, -0.15) is 0 Å². The Labute approximate surface area is 114 Å². The number of nitrogens with one attached hydrogen (secondary N) is 2. The third-order valence-corrected chi connectivity index (χ3v) is 2.77. The van der Waals surface area contributed by atoms with Gasteiger partial charge in [-0.1, -0.05) is 41.9 Å². The van der Waals surface area contributed by atoms with Crippen LogP contribution >= 0.6 is 11.6 Å². The fraction of sp³-hybridized carbons (Fsp3) is 0.0769. The number of halogens is 1. The lowest BCUT2D eigenvalue weighted by molar-refractivity contribution is -0.139. The molecule has 2 aromatic rings. The average molecular weight is 279 g/mol. The molecule has 1 amide bonds. The molecule has 98 valence electrons. The van der Waals surface area contributed by atoms with Crippen LogP contribution in [0, 0.1) is 0 Å². The lowest BCUT2D eigenvalue weighted by Gasteiger charge is -2.14. The Morgan fingerprint density at radius 1 is 1.26 bits per heavy atom. The predicted molar refractivity (Wildman–Crippen MR) is 70.1 cm³/mol. The molecule has 0 aliphatic carbocycles. The number of aliphatic carboxylic acids is 1. The van der Waals surface area contributed by atoms with E-state index in [9.17, 15) is 14.7 Å². The van der Waals surface area contributed by atoms with Crippen LogP contribution in [0.3, 0.4) is 0 Å². The van der Waals surface area contributed by atoms with Crippen LogP contribution < -0.4 is 5.32 Å². The van der Waals surface area contributed by atoms with Crippen molar-refractivity contribution in [2.45, 2.75) is 6.04 Å². The molecule has 1 atom stereocenters. The van der Waals surface area contributed by atoms with E-state index in [0.717, 1.165) is 0 Å². The zero-order valence-electron chi connectivity index (χ0n) is 9.76. The van der Waals surface area contributed by atoms with Crippen LogP contribution in [-0.4, -0.2) is 22.0 Å². The maximum Gasteiger partial charge on any atom is 0.330 e. The van der Waals surface area contributed by atoms with Crippen molar-refractivity contribution in [2.75, 3.05) is 0 Å². The number of aromatic nitrogens is 1. The van der Waals surface area contributed by atoms with Gasteiger partial charge >= 0.3 is 5.97 Å². The van der Waals surface area contributed by atoms with Crippen molar-refractivity contribution in [3.8, 4) is 0 Å². The summed E-state index contributed by atoms with van der Waals surface area (Å²) in [5.74, 6) is -1.65. The first-order chi connectivity index (χ1) is 9.08. The summed E-state index contributed by atoms with van der Waals surface area (Å²) in [5, 5.41) is 12.0. The number of amides is 1. The second-order valence-corrected chi connectivity index (χ2v) is 4.32. The van der Waals surface area contributed by atoms with Crippen molar-refractivity contribution in [3.63, 3.8) is 0 Å². The molecular formula is C13H11ClN2O3. The van der Waals surface area contributed by atoms with E-state index in [1.807, 2.05) is 0 Å². The van der Waals surface area contributed by atoms with Crippen LogP contribution in [0.5, 0.6) is 0 Å². The van der Waals surface area contributed by atoms with Gasteiger partial charge in [0, 0.05) is 6.20 Å². The Hall–Kier alpha value is -2.27. The molecular weight excluding hydrogens is 268 g/mol. The molecule has 6 heteroatoms. The van der Waals surface area contributed by atoms with E-state index in [-0.39, 0.29) is 5.69 Å². The van der Waals surface area contributed by atoms with Gasteiger partial charge in [0.2, 0.25) is 0 Å². The maximum absolute atomic E-state index is 11.9. The zero-order chi connectivity index (χ0) is 13.8. The SMILES string of the molecule is O=C(NC(C(=O)O)c1ccccc1)c1cc(Cl)c[nH]1. The third-order valence-electron chi connectivity index (χ3n) is 2.55. The Balaban J connectivity index is 2.18. The standard InChI is InChI=1S/C13H11ClN2O3/c14-9-6-10(15-7-9)12(17)16-11(13(18)19)8-4-2-1-3-5-8/h1-7,11,15H,(H,16,17)(H,18,19). The van der Waals surface area contributed by atoms with Crippen LogP contribution in [0.2, 0.25) is 5.02 Å². The topological polar surface area (TPSA) is 82.2 Å². The molecule has 0 spiro atoms. The number of benzene rings is 1. The summed E-state index contributed by atoms with van der Waals surface area (Å²) < 4.78 is 0. The van der Waals surface area contributed by atoms with Crippen LogP contribution in [0.15, 0.2) is 42.6 Å². The molecule has 3 N–H and O–H groups in total. The van der Waals surface area contributed by atoms with Gasteiger partial charge in [-0.25, -0.2) is 4.79 Å². The van der Waals surface area contributed by atoms with Crippen LogP contribution in [0.25, 0.3) is 0 Å². The van der Waals surface area contributed by atoms with E-state index < -0.39 is 17.9 Å². The highest BCUT2D eigenvalue weighted by molar-refractivity contribution is 6.31. The lowest BCUT2D eigenvalue weighted by atomic mass is 10.1.